The maximum Gasteiger partial charge on any atom is 0.225 e. The molecule has 0 radical (unpaired) electrons. The molecule has 1 saturated heterocycles. The Morgan fingerprint density at radius 3 is 2.50 bits per heavy atom. The molecule has 22 heavy (non-hydrogen) atoms. The number of rotatable bonds is 5. The predicted molar refractivity (Wildman–Crippen MR) is 86.8 cm³/mol. The standard InChI is InChI=1S/C18H26N2O2/c1-14(2)22-17-6-4-3-5-16(17)13-19-9-11-20(12-10-19)18(21)15-7-8-15/h3-6,14-15H,7-13H2,1-2H3. The third-order valence-corrected chi connectivity index (χ3v) is 4.34. The Morgan fingerprint density at radius 2 is 1.86 bits per heavy atom. The summed E-state index contributed by atoms with van der Waals surface area (Å²) in [5.74, 6) is 1.70. The number of para-hydroxylation sites is 1. The third kappa shape index (κ3) is 3.80. The molecule has 1 heterocycles. The molecule has 4 heteroatoms. The molecule has 3 rings (SSSR count). The minimum atomic E-state index is 0.189. The van der Waals surface area contributed by atoms with E-state index in [1.54, 1.807) is 0 Å². The number of hydrogen-bond acceptors (Lipinski definition) is 3. The van der Waals surface area contributed by atoms with Crippen LogP contribution in [0.15, 0.2) is 24.3 Å². The summed E-state index contributed by atoms with van der Waals surface area (Å²) >= 11 is 0. The van der Waals surface area contributed by atoms with Gasteiger partial charge in [-0.3, -0.25) is 9.69 Å². The monoisotopic (exact) mass is 302 g/mol. The van der Waals surface area contributed by atoms with E-state index < -0.39 is 0 Å². The first-order chi connectivity index (χ1) is 10.6. The lowest BCUT2D eigenvalue weighted by atomic mass is 10.1. The van der Waals surface area contributed by atoms with E-state index in [1.807, 2.05) is 17.0 Å². The molecule has 1 aromatic carbocycles. The van der Waals surface area contributed by atoms with Gasteiger partial charge in [0.05, 0.1) is 6.10 Å². The highest BCUT2D eigenvalue weighted by atomic mass is 16.5. The number of ether oxygens (including phenoxy) is 1. The molecule has 4 nitrogen and oxygen atoms in total. The maximum absolute atomic E-state index is 12.1. The van der Waals surface area contributed by atoms with Gasteiger partial charge in [0.1, 0.15) is 5.75 Å². The normalized spacial score (nSPS) is 19.5. The molecular formula is C18H26N2O2. The van der Waals surface area contributed by atoms with Crippen molar-refractivity contribution in [3.05, 3.63) is 29.8 Å². The molecule has 0 bridgehead atoms. The molecule has 0 N–H and O–H groups in total. The average Bonchev–Trinajstić information content (AvgIpc) is 3.33. The number of carbonyl (C=O) groups is 1. The van der Waals surface area contributed by atoms with Crippen molar-refractivity contribution < 1.29 is 9.53 Å². The van der Waals surface area contributed by atoms with Crippen LogP contribution in [0.4, 0.5) is 0 Å². The van der Waals surface area contributed by atoms with E-state index in [9.17, 15) is 4.79 Å². The first-order valence-corrected chi connectivity index (χ1v) is 8.39. The van der Waals surface area contributed by atoms with Crippen LogP contribution in [0.25, 0.3) is 0 Å². The SMILES string of the molecule is CC(C)Oc1ccccc1CN1CCN(C(=O)C2CC2)CC1. The average molecular weight is 302 g/mol. The molecule has 1 aliphatic carbocycles. The van der Waals surface area contributed by atoms with Crippen LogP contribution in [-0.4, -0.2) is 48.0 Å². The van der Waals surface area contributed by atoms with E-state index in [0.717, 1.165) is 51.3 Å². The Morgan fingerprint density at radius 1 is 1.18 bits per heavy atom. The summed E-state index contributed by atoms with van der Waals surface area (Å²) in [6, 6.07) is 8.27. The minimum absolute atomic E-state index is 0.189. The zero-order valence-corrected chi connectivity index (χ0v) is 13.6. The minimum Gasteiger partial charge on any atom is -0.491 e. The lowest BCUT2D eigenvalue weighted by molar-refractivity contribution is -0.134. The number of carbonyl (C=O) groups excluding carboxylic acids is 1. The smallest absolute Gasteiger partial charge is 0.225 e. The van der Waals surface area contributed by atoms with Gasteiger partial charge in [-0.2, -0.15) is 0 Å². The van der Waals surface area contributed by atoms with E-state index in [0.29, 0.717) is 11.8 Å². The van der Waals surface area contributed by atoms with Gasteiger partial charge >= 0.3 is 0 Å². The topological polar surface area (TPSA) is 32.8 Å². The number of hydrogen-bond donors (Lipinski definition) is 0. The molecule has 1 aromatic rings. The molecule has 120 valence electrons. The molecule has 2 aliphatic rings. The quantitative estimate of drug-likeness (QED) is 0.838. The van der Waals surface area contributed by atoms with Crippen LogP contribution in [0.5, 0.6) is 5.75 Å². The molecule has 0 spiro atoms. The third-order valence-electron chi connectivity index (χ3n) is 4.34. The van der Waals surface area contributed by atoms with Crippen molar-refractivity contribution in [2.75, 3.05) is 26.2 Å². The van der Waals surface area contributed by atoms with Crippen molar-refractivity contribution in [2.24, 2.45) is 5.92 Å². The lowest BCUT2D eigenvalue weighted by Gasteiger charge is -2.35. The fraction of sp³-hybridized carbons (Fsp3) is 0.611. The lowest BCUT2D eigenvalue weighted by Crippen LogP contribution is -2.48. The Hall–Kier alpha value is -1.55. The summed E-state index contributed by atoms with van der Waals surface area (Å²) in [5.41, 5.74) is 1.23. The van der Waals surface area contributed by atoms with E-state index in [1.165, 1.54) is 5.56 Å². The van der Waals surface area contributed by atoms with Crippen LogP contribution >= 0.6 is 0 Å². The van der Waals surface area contributed by atoms with Crippen LogP contribution in [0.3, 0.4) is 0 Å². The highest BCUT2D eigenvalue weighted by Gasteiger charge is 2.34. The molecule has 1 saturated carbocycles. The molecule has 1 aliphatic heterocycles. The molecule has 0 unspecified atom stereocenters. The second-order valence-electron chi connectivity index (χ2n) is 6.65. The van der Waals surface area contributed by atoms with Crippen molar-refractivity contribution in [2.45, 2.75) is 39.3 Å². The Balaban J connectivity index is 1.55. The summed E-state index contributed by atoms with van der Waals surface area (Å²) in [5, 5.41) is 0. The fourth-order valence-corrected chi connectivity index (χ4v) is 2.96. The van der Waals surface area contributed by atoms with Gasteiger partial charge in [0.15, 0.2) is 0 Å². The summed E-state index contributed by atoms with van der Waals surface area (Å²) < 4.78 is 5.89. The van der Waals surface area contributed by atoms with Crippen molar-refractivity contribution in [3.8, 4) is 5.75 Å². The van der Waals surface area contributed by atoms with Crippen molar-refractivity contribution in [3.63, 3.8) is 0 Å². The van der Waals surface area contributed by atoms with E-state index in [2.05, 4.69) is 30.9 Å². The first kappa shape index (κ1) is 15.3. The van der Waals surface area contributed by atoms with Crippen LogP contribution < -0.4 is 4.74 Å². The van der Waals surface area contributed by atoms with E-state index in [4.69, 9.17) is 4.74 Å². The highest BCUT2D eigenvalue weighted by molar-refractivity contribution is 5.81. The van der Waals surface area contributed by atoms with E-state index in [-0.39, 0.29) is 6.10 Å². The van der Waals surface area contributed by atoms with Gasteiger partial charge in [-0.25, -0.2) is 0 Å². The van der Waals surface area contributed by atoms with Gasteiger partial charge in [0.2, 0.25) is 5.91 Å². The van der Waals surface area contributed by atoms with Gasteiger partial charge in [-0.15, -0.1) is 0 Å². The molecule has 1 amide bonds. The number of amides is 1. The second-order valence-corrected chi connectivity index (χ2v) is 6.65. The Labute approximate surface area is 133 Å². The molecule has 0 atom stereocenters. The van der Waals surface area contributed by atoms with Gasteiger partial charge in [-0.05, 0) is 32.8 Å². The summed E-state index contributed by atoms with van der Waals surface area (Å²) in [6.45, 7) is 8.64. The molecular weight excluding hydrogens is 276 g/mol. The van der Waals surface area contributed by atoms with Crippen LogP contribution in [0, 0.1) is 5.92 Å². The fourth-order valence-electron chi connectivity index (χ4n) is 2.96. The zero-order chi connectivity index (χ0) is 15.5. The zero-order valence-electron chi connectivity index (χ0n) is 13.6. The predicted octanol–water partition coefficient (Wildman–Crippen LogP) is 2.53. The Bertz CT molecular complexity index is 518. The van der Waals surface area contributed by atoms with E-state index >= 15 is 0 Å². The first-order valence-electron chi connectivity index (χ1n) is 8.39. The van der Waals surface area contributed by atoms with Gasteiger partial charge in [-0.1, -0.05) is 18.2 Å². The number of nitrogens with zero attached hydrogens (tertiary/aromatic N) is 2. The van der Waals surface area contributed by atoms with Gasteiger partial charge in [0, 0.05) is 44.2 Å². The van der Waals surface area contributed by atoms with Crippen molar-refractivity contribution in [1.29, 1.82) is 0 Å². The van der Waals surface area contributed by atoms with Crippen LogP contribution in [-0.2, 0) is 11.3 Å². The highest BCUT2D eigenvalue weighted by Crippen LogP contribution is 2.31. The van der Waals surface area contributed by atoms with Crippen LogP contribution in [0.2, 0.25) is 0 Å². The maximum atomic E-state index is 12.1. The van der Waals surface area contributed by atoms with Gasteiger partial charge < -0.3 is 9.64 Å². The second kappa shape index (κ2) is 6.69. The molecule has 2 fully saturated rings. The summed E-state index contributed by atoms with van der Waals surface area (Å²) in [7, 11) is 0. The molecule has 0 aromatic heterocycles. The van der Waals surface area contributed by atoms with Crippen molar-refractivity contribution >= 4 is 5.91 Å². The number of piperazine rings is 1. The van der Waals surface area contributed by atoms with Gasteiger partial charge in [0.25, 0.3) is 0 Å². The van der Waals surface area contributed by atoms with Crippen LogP contribution in [0.1, 0.15) is 32.3 Å². The largest absolute Gasteiger partial charge is 0.491 e. The van der Waals surface area contributed by atoms with Crippen molar-refractivity contribution in [1.82, 2.24) is 9.80 Å². The Kier molecular flexibility index (Phi) is 4.67. The summed E-state index contributed by atoms with van der Waals surface area (Å²) in [4.78, 5) is 16.6. The number of benzene rings is 1. The summed E-state index contributed by atoms with van der Waals surface area (Å²) in [6.07, 6.45) is 2.38.